The van der Waals surface area contributed by atoms with Crippen molar-refractivity contribution in [3.8, 4) is 0 Å². The van der Waals surface area contributed by atoms with Gasteiger partial charge >= 0.3 is 0 Å². The Balaban J connectivity index is 0. The second-order valence-corrected chi connectivity index (χ2v) is 1.09. The lowest BCUT2D eigenvalue weighted by molar-refractivity contribution is -0.0979. The van der Waals surface area contributed by atoms with Gasteiger partial charge in [0.1, 0.15) is 6.79 Å². The van der Waals surface area contributed by atoms with Crippen molar-refractivity contribution >= 4 is 6.79 Å². The summed E-state index contributed by atoms with van der Waals surface area (Å²) in [6.07, 6.45) is -0.167. The van der Waals surface area contributed by atoms with Crippen LogP contribution < -0.4 is 0 Å². The van der Waals surface area contributed by atoms with Crippen LogP contribution in [0.2, 0.25) is 0 Å². The highest BCUT2D eigenvalue weighted by molar-refractivity contribution is 5.10. The molecule has 0 aliphatic carbocycles. The molecule has 6 heavy (non-hydrogen) atoms. The van der Waals surface area contributed by atoms with E-state index in [9.17, 15) is 0 Å². The van der Waals surface area contributed by atoms with Crippen LogP contribution in [0.5, 0.6) is 0 Å². The highest BCUT2D eigenvalue weighted by Crippen LogP contribution is 1.65. The Labute approximate surface area is 37.8 Å². The summed E-state index contributed by atoms with van der Waals surface area (Å²) in [5.74, 6) is 0. The molecule has 0 saturated heterocycles. The third-order valence-corrected chi connectivity index (χ3v) is 0. The van der Waals surface area contributed by atoms with E-state index in [-0.39, 0.29) is 6.10 Å². The van der Waals surface area contributed by atoms with Gasteiger partial charge in [-0.15, -0.1) is 0 Å². The summed E-state index contributed by atoms with van der Waals surface area (Å²) in [6, 6.07) is 0. The van der Waals surface area contributed by atoms with Gasteiger partial charge in [0.15, 0.2) is 0 Å². The van der Waals surface area contributed by atoms with Crippen molar-refractivity contribution in [1.82, 2.24) is 0 Å². The molecule has 0 aliphatic heterocycles. The molecule has 2 nitrogen and oxygen atoms in total. The van der Waals surface area contributed by atoms with Gasteiger partial charge in [-0.25, -0.2) is 0 Å². The molecule has 1 N–H and O–H groups in total. The smallest absolute Gasteiger partial charge is 0.106 e. The van der Waals surface area contributed by atoms with E-state index in [4.69, 9.17) is 9.90 Å². The first-order valence-corrected chi connectivity index (χ1v) is 1.70. The van der Waals surface area contributed by atoms with Crippen LogP contribution >= 0.6 is 0 Å². The molecule has 0 unspecified atom stereocenters. The Morgan fingerprint density at radius 1 is 1.50 bits per heavy atom. The van der Waals surface area contributed by atoms with Crippen LogP contribution in [0.1, 0.15) is 13.8 Å². The molecule has 0 heterocycles. The summed E-state index contributed by atoms with van der Waals surface area (Å²) in [4.78, 5) is 8.00. The van der Waals surface area contributed by atoms with Crippen LogP contribution in [0.3, 0.4) is 0 Å². The van der Waals surface area contributed by atoms with Gasteiger partial charge in [0.05, 0.1) is 0 Å². The van der Waals surface area contributed by atoms with Gasteiger partial charge in [0, 0.05) is 6.10 Å². The van der Waals surface area contributed by atoms with Gasteiger partial charge in [-0.3, -0.25) is 0 Å². The van der Waals surface area contributed by atoms with Crippen molar-refractivity contribution in [2.45, 2.75) is 20.0 Å². The highest BCUT2D eigenvalue weighted by Gasteiger charge is 1.69. The van der Waals surface area contributed by atoms with Crippen molar-refractivity contribution in [1.29, 1.82) is 0 Å². The van der Waals surface area contributed by atoms with E-state index in [2.05, 4.69) is 0 Å². The molecule has 0 spiro atoms. The molecule has 0 aromatic heterocycles. The average molecular weight is 90.1 g/mol. The van der Waals surface area contributed by atoms with Gasteiger partial charge < -0.3 is 9.90 Å². The molecule has 0 saturated carbocycles. The van der Waals surface area contributed by atoms with E-state index in [1.165, 1.54) is 0 Å². The maximum Gasteiger partial charge on any atom is 0.106 e. The van der Waals surface area contributed by atoms with Crippen LogP contribution in [0.15, 0.2) is 0 Å². The summed E-state index contributed by atoms with van der Waals surface area (Å²) in [6.45, 7) is 5.44. The van der Waals surface area contributed by atoms with Gasteiger partial charge in [-0.2, -0.15) is 0 Å². The molecular formula is C4H10O2. The van der Waals surface area contributed by atoms with Gasteiger partial charge in [-0.1, -0.05) is 0 Å². The Morgan fingerprint density at radius 2 is 1.50 bits per heavy atom. The Kier molecular flexibility index (Phi) is 13.5. The van der Waals surface area contributed by atoms with Gasteiger partial charge in [0.2, 0.25) is 0 Å². The lowest BCUT2D eigenvalue weighted by Crippen LogP contribution is -1.85. The zero-order chi connectivity index (χ0) is 5.58. The first kappa shape index (κ1) is 9.16. The third-order valence-electron chi connectivity index (χ3n) is 0. The summed E-state index contributed by atoms with van der Waals surface area (Å²) in [7, 11) is 0. The molecule has 2 heteroatoms. The quantitative estimate of drug-likeness (QED) is 0.461. The van der Waals surface area contributed by atoms with Crippen LogP contribution in [0, 0.1) is 0 Å². The fourth-order valence-corrected chi connectivity index (χ4v) is 0. The van der Waals surface area contributed by atoms with E-state index >= 15 is 0 Å². The number of rotatable bonds is 0. The minimum atomic E-state index is -0.167. The second kappa shape index (κ2) is 8.82. The van der Waals surface area contributed by atoms with E-state index in [0.29, 0.717) is 0 Å². The first-order chi connectivity index (χ1) is 2.73. The lowest BCUT2D eigenvalue weighted by Gasteiger charge is -1.80. The zero-order valence-electron chi connectivity index (χ0n) is 4.14. The van der Waals surface area contributed by atoms with E-state index in [1.807, 2.05) is 6.79 Å². The zero-order valence-corrected chi connectivity index (χ0v) is 4.14. The number of aliphatic hydroxyl groups is 1. The average Bonchev–Trinajstić information content (AvgIpc) is 1.41. The van der Waals surface area contributed by atoms with Crippen molar-refractivity contribution in [3.05, 3.63) is 0 Å². The first-order valence-electron chi connectivity index (χ1n) is 1.70. The molecule has 0 radical (unpaired) electrons. The van der Waals surface area contributed by atoms with Crippen molar-refractivity contribution in [3.63, 3.8) is 0 Å². The maximum atomic E-state index is 8.06. The minimum absolute atomic E-state index is 0.167. The van der Waals surface area contributed by atoms with Crippen LogP contribution in [-0.4, -0.2) is 18.0 Å². The van der Waals surface area contributed by atoms with Crippen molar-refractivity contribution in [2.24, 2.45) is 0 Å². The number of aliphatic hydroxyl groups excluding tert-OH is 1. The SMILES string of the molecule is C=O.CC(C)O. The van der Waals surface area contributed by atoms with E-state index in [0.717, 1.165) is 0 Å². The summed E-state index contributed by atoms with van der Waals surface area (Å²) in [5, 5.41) is 8.06. The monoisotopic (exact) mass is 90.1 g/mol. The van der Waals surface area contributed by atoms with Crippen LogP contribution in [0.25, 0.3) is 0 Å². The summed E-state index contributed by atoms with van der Waals surface area (Å²) < 4.78 is 0. The highest BCUT2D eigenvalue weighted by atomic mass is 16.3. The Morgan fingerprint density at radius 3 is 1.50 bits per heavy atom. The summed E-state index contributed by atoms with van der Waals surface area (Å²) in [5.41, 5.74) is 0. The maximum absolute atomic E-state index is 8.06. The summed E-state index contributed by atoms with van der Waals surface area (Å²) >= 11 is 0. The second-order valence-electron chi connectivity index (χ2n) is 1.09. The standard InChI is InChI=1S/C3H8O.CH2O/c1-3(2)4;1-2/h3-4H,1-2H3;1H2. The molecule has 0 aromatic rings. The number of carbonyl (C=O) groups is 1. The van der Waals surface area contributed by atoms with Gasteiger partial charge in [0.25, 0.3) is 0 Å². The van der Waals surface area contributed by atoms with Crippen molar-refractivity contribution in [2.75, 3.05) is 0 Å². The van der Waals surface area contributed by atoms with Crippen LogP contribution in [0.4, 0.5) is 0 Å². The number of hydrogen-bond donors (Lipinski definition) is 1. The number of hydrogen-bond acceptors (Lipinski definition) is 2. The van der Waals surface area contributed by atoms with Gasteiger partial charge in [-0.05, 0) is 13.8 Å². The molecule has 0 aromatic carbocycles. The molecule has 38 valence electrons. The molecule has 0 fully saturated rings. The molecule has 0 bridgehead atoms. The van der Waals surface area contributed by atoms with E-state index in [1.54, 1.807) is 13.8 Å². The normalized spacial score (nSPS) is 6.67. The predicted octanol–water partition coefficient (Wildman–Crippen LogP) is 0.202. The topological polar surface area (TPSA) is 37.3 Å². The van der Waals surface area contributed by atoms with Crippen LogP contribution in [-0.2, 0) is 4.79 Å². The lowest BCUT2D eigenvalue weighted by atomic mass is 10.5. The fourth-order valence-electron chi connectivity index (χ4n) is 0. The minimum Gasteiger partial charge on any atom is -0.394 e. The predicted molar refractivity (Wildman–Crippen MR) is 24.5 cm³/mol. The molecule has 0 atom stereocenters. The molecule has 0 aliphatic rings. The molecular weight excluding hydrogens is 80.0 g/mol. The van der Waals surface area contributed by atoms with E-state index < -0.39 is 0 Å². The molecule has 0 amide bonds. The molecule has 0 rings (SSSR count). The third kappa shape index (κ3) is 183. The number of carbonyl (C=O) groups excluding carboxylic acids is 1. The van der Waals surface area contributed by atoms with Crippen molar-refractivity contribution < 1.29 is 9.90 Å². The Bertz CT molecular complexity index is 16.8. The largest absolute Gasteiger partial charge is 0.394 e. The Hall–Kier alpha value is -0.370. The fraction of sp³-hybridized carbons (Fsp3) is 0.750.